The van der Waals surface area contributed by atoms with Gasteiger partial charge in [-0.1, -0.05) is 25.1 Å². The second kappa shape index (κ2) is 6.10. The van der Waals surface area contributed by atoms with Crippen LogP contribution in [0.25, 0.3) is 0 Å². The van der Waals surface area contributed by atoms with Crippen molar-refractivity contribution >= 4 is 5.78 Å². The van der Waals surface area contributed by atoms with Gasteiger partial charge in [0, 0.05) is 18.1 Å². The minimum atomic E-state index is -0.225. The Balaban J connectivity index is 2.07. The molecule has 0 atom stereocenters. The average molecular weight is 272 g/mol. The number of ether oxygens (including phenoxy) is 1. The third-order valence-corrected chi connectivity index (χ3v) is 2.92. The summed E-state index contributed by atoms with van der Waals surface area (Å²) in [6.45, 7) is 2.11. The van der Waals surface area contributed by atoms with Gasteiger partial charge >= 0.3 is 0 Å². The Hall–Kier alpha value is -2.49. The Morgan fingerprint density at radius 1 is 1.10 bits per heavy atom. The van der Waals surface area contributed by atoms with Gasteiger partial charge in [0.25, 0.3) is 0 Å². The van der Waals surface area contributed by atoms with Crippen LogP contribution < -0.4 is 4.74 Å². The molecule has 0 aliphatic carbocycles. The lowest BCUT2D eigenvalue weighted by molar-refractivity contribution is 0.0988. The molecule has 104 valence electrons. The van der Waals surface area contributed by atoms with Gasteiger partial charge in [0.2, 0.25) is 0 Å². The maximum absolute atomic E-state index is 11.6. The smallest absolute Gasteiger partial charge is 0.162 e. The van der Waals surface area contributed by atoms with Gasteiger partial charge < -0.3 is 14.9 Å². The van der Waals surface area contributed by atoms with Crippen LogP contribution in [0, 0.1) is 0 Å². The van der Waals surface area contributed by atoms with Gasteiger partial charge in [-0.3, -0.25) is 4.79 Å². The fraction of sp³-hybridized carbons (Fsp3) is 0.188. The van der Waals surface area contributed by atoms with Gasteiger partial charge in [-0.15, -0.1) is 0 Å². The Labute approximate surface area is 117 Å². The maximum Gasteiger partial charge on any atom is 0.162 e. The number of phenolic OH excluding ortho intramolecular Hbond substituents is 2. The second-order valence-corrected chi connectivity index (χ2v) is 4.42. The summed E-state index contributed by atoms with van der Waals surface area (Å²) in [7, 11) is 0. The third kappa shape index (κ3) is 3.29. The minimum absolute atomic E-state index is 0.0918. The molecule has 0 bridgehead atoms. The lowest BCUT2D eigenvalue weighted by Gasteiger charge is -2.08. The summed E-state index contributed by atoms with van der Waals surface area (Å²) in [5.74, 6) is 0.131. The molecule has 2 aromatic rings. The number of hydrogen-bond acceptors (Lipinski definition) is 4. The molecule has 0 fully saturated rings. The topological polar surface area (TPSA) is 66.8 Å². The molecule has 0 aromatic heterocycles. The zero-order chi connectivity index (χ0) is 14.5. The molecule has 2 N–H and O–H groups in total. The van der Waals surface area contributed by atoms with Crippen LogP contribution in [0.1, 0.15) is 29.3 Å². The predicted molar refractivity (Wildman–Crippen MR) is 75.2 cm³/mol. The first kappa shape index (κ1) is 13.9. The third-order valence-electron chi connectivity index (χ3n) is 2.92. The fourth-order valence-corrected chi connectivity index (χ4v) is 1.80. The lowest BCUT2D eigenvalue weighted by Crippen LogP contribution is -2.00. The van der Waals surface area contributed by atoms with Crippen LogP contribution in [0.2, 0.25) is 0 Å². The van der Waals surface area contributed by atoms with Gasteiger partial charge in [-0.2, -0.15) is 0 Å². The van der Waals surface area contributed by atoms with Crippen molar-refractivity contribution in [2.75, 3.05) is 0 Å². The van der Waals surface area contributed by atoms with Gasteiger partial charge in [-0.25, -0.2) is 0 Å². The Bertz CT molecular complexity index is 620. The van der Waals surface area contributed by atoms with Crippen molar-refractivity contribution in [1.29, 1.82) is 0 Å². The van der Waals surface area contributed by atoms with Crippen molar-refractivity contribution in [3.05, 3.63) is 53.6 Å². The first-order chi connectivity index (χ1) is 9.60. The number of rotatable bonds is 5. The summed E-state index contributed by atoms with van der Waals surface area (Å²) in [5.41, 5.74) is 1.54. The zero-order valence-corrected chi connectivity index (χ0v) is 11.2. The SMILES string of the molecule is CCC(=O)c1cccc(COc2ccc(O)c(O)c2)c1. The molecule has 0 aliphatic heterocycles. The minimum Gasteiger partial charge on any atom is -0.504 e. The monoisotopic (exact) mass is 272 g/mol. The average Bonchev–Trinajstić information content (AvgIpc) is 2.48. The highest BCUT2D eigenvalue weighted by Crippen LogP contribution is 2.29. The lowest BCUT2D eigenvalue weighted by atomic mass is 10.1. The van der Waals surface area contributed by atoms with Crippen LogP contribution in [-0.4, -0.2) is 16.0 Å². The van der Waals surface area contributed by atoms with Crippen molar-refractivity contribution in [3.63, 3.8) is 0 Å². The number of phenols is 2. The number of aromatic hydroxyl groups is 2. The molecule has 0 aliphatic rings. The molecule has 4 heteroatoms. The number of carbonyl (C=O) groups excluding carboxylic acids is 1. The van der Waals surface area contributed by atoms with Crippen LogP contribution in [0.3, 0.4) is 0 Å². The number of Topliss-reactive ketones (excluding diaryl/α,β-unsaturated/α-hetero) is 1. The van der Waals surface area contributed by atoms with Crippen molar-refractivity contribution < 1.29 is 19.7 Å². The number of hydrogen-bond donors (Lipinski definition) is 2. The highest BCUT2D eigenvalue weighted by Gasteiger charge is 2.05. The number of ketones is 1. The maximum atomic E-state index is 11.6. The van der Waals surface area contributed by atoms with Crippen molar-refractivity contribution in [2.24, 2.45) is 0 Å². The molecular weight excluding hydrogens is 256 g/mol. The fourth-order valence-electron chi connectivity index (χ4n) is 1.80. The van der Waals surface area contributed by atoms with Gasteiger partial charge in [0.05, 0.1) is 0 Å². The van der Waals surface area contributed by atoms with E-state index >= 15 is 0 Å². The first-order valence-corrected chi connectivity index (χ1v) is 6.37. The van der Waals surface area contributed by atoms with Gasteiger partial charge in [-0.05, 0) is 23.8 Å². The normalized spacial score (nSPS) is 10.2. The quantitative estimate of drug-likeness (QED) is 0.647. The molecule has 20 heavy (non-hydrogen) atoms. The van der Waals surface area contributed by atoms with Gasteiger partial charge in [0.15, 0.2) is 17.3 Å². The molecule has 4 nitrogen and oxygen atoms in total. The van der Waals surface area contributed by atoms with E-state index < -0.39 is 0 Å². The summed E-state index contributed by atoms with van der Waals surface area (Å²) < 4.78 is 5.51. The van der Waals surface area contributed by atoms with Crippen LogP contribution in [0.4, 0.5) is 0 Å². The largest absolute Gasteiger partial charge is 0.504 e. The van der Waals surface area contributed by atoms with E-state index in [4.69, 9.17) is 4.74 Å². The standard InChI is InChI=1S/C16H16O4/c1-2-14(17)12-5-3-4-11(8-12)10-20-13-6-7-15(18)16(19)9-13/h3-9,18-19H,2,10H2,1H3. The molecular formula is C16H16O4. The van der Waals surface area contributed by atoms with E-state index in [1.54, 1.807) is 18.2 Å². The highest BCUT2D eigenvalue weighted by molar-refractivity contribution is 5.95. The number of carbonyl (C=O) groups is 1. The molecule has 2 rings (SSSR count). The molecule has 0 saturated carbocycles. The Kier molecular flexibility index (Phi) is 4.25. The van der Waals surface area contributed by atoms with Gasteiger partial charge in [0.1, 0.15) is 12.4 Å². The summed E-state index contributed by atoms with van der Waals surface area (Å²) in [5, 5.41) is 18.6. The molecule has 0 radical (unpaired) electrons. The van der Waals surface area contributed by atoms with Crippen molar-refractivity contribution in [3.8, 4) is 17.2 Å². The first-order valence-electron chi connectivity index (χ1n) is 6.37. The zero-order valence-electron chi connectivity index (χ0n) is 11.2. The molecule has 0 saturated heterocycles. The predicted octanol–water partition coefficient (Wildman–Crippen LogP) is 3.27. The van der Waals surface area contributed by atoms with Crippen molar-refractivity contribution in [2.45, 2.75) is 20.0 Å². The van der Waals surface area contributed by atoms with Crippen molar-refractivity contribution in [1.82, 2.24) is 0 Å². The van der Waals surface area contributed by atoms with Crippen LogP contribution in [-0.2, 0) is 6.61 Å². The second-order valence-electron chi connectivity index (χ2n) is 4.42. The molecule has 2 aromatic carbocycles. The molecule has 0 amide bonds. The highest BCUT2D eigenvalue weighted by atomic mass is 16.5. The van der Waals surface area contributed by atoms with E-state index in [-0.39, 0.29) is 23.9 Å². The summed E-state index contributed by atoms with van der Waals surface area (Å²) in [6.07, 6.45) is 0.468. The molecule has 0 heterocycles. The van der Waals surface area contributed by atoms with E-state index in [1.807, 2.05) is 19.1 Å². The van der Waals surface area contributed by atoms with E-state index in [1.165, 1.54) is 12.1 Å². The van der Waals surface area contributed by atoms with E-state index in [0.29, 0.717) is 17.7 Å². The Morgan fingerprint density at radius 2 is 1.90 bits per heavy atom. The summed E-state index contributed by atoms with van der Waals surface area (Å²) in [6, 6.07) is 11.5. The summed E-state index contributed by atoms with van der Waals surface area (Å²) >= 11 is 0. The van der Waals surface area contributed by atoms with Crippen LogP contribution in [0.5, 0.6) is 17.2 Å². The Morgan fingerprint density at radius 3 is 2.60 bits per heavy atom. The molecule has 0 unspecified atom stereocenters. The van der Waals surface area contributed by atoms with Crippen LogP contribution in [0.15, 0.2) is 42.5 Å². The van der Waals surface area contributed by atoms with E-state index in [9.17, 15) is 15.0 Å². The number of benzene rings is 2. The molecule has 0 spiro atoms. The summed E-state index contributed by atoms with van der Waals surface area (Å²) in [4.78, 5) is 11.6. The van der Waals surface area contributed by atoms with E-state index in [2.05, 4.69) is 0 Å². The van der Waals surface area contributed by atoms with E-state index in [0.717, 1.165) is 5.56 Å². The van der Waals surface area contributed by atoms with Crippen LogP contribution >= 0.6 is 0 Å².